The average Bonchev–Trinajstić information content (AvgIpc) is 2.23. The van der Waals surface area contributed by atoms with Crippen LogP contribution in [0.1, 0.15) is 13.3 Å². The lowest BCUT2D eigenvalue weighted by Gasteiger charge is -2.17. The molecule has 0 aliphatic heterocycles. The van der Waals surface area contributed by atoms with Crippen LogP contribution >= 0.6 is 0 Å². The van der Waals surface area contributed by atoms with Crippen molar-refractivity contribution < 1.29 is 19.4 Å². The number of ether oxygens (including phenoxy) is 1. The summed E-state index contributed by atoms with van der Waals surface area (Å²) >= 11 is 0. The first-order valence-corrected chi connectivity index (χ1v) is 5.30. The van der Waals surface area contributed by atoms with Gasteiger partial charge in [-0.15, -0.1) is 0 Å². The van der Waals surface area contributed by atoms with Crippen molar-refractivity contribution in [3.05, 3.63) is 0 Å². The number of carbonyl (C=O) groups excluding carboxylic acids is 1. The molecular weight excluding hydrogens is 212 g/mol. The molecule has 6 heteroatoms. The summed E-state index contributed by atoms with van der Waals surface area (Å²) in [4.78, 5) is 23.4. The van der Waals surface area contributed by atoms with Crippen molar-refractivity contribution in [2.75, 3.05) is 39.9 Å². The molecule has 2 N–H and O–H groups in total. The van der Waals surface area contributed by atoms with Gasteiger partial charge in [0.15, 0.2) is 0 Å². The van der Waals surface area contributed by atoms with Crippen LogP contribution in [-0.4, -0.2) is 61.8 Å². The van der Waals surface area contributed by atoms with E-state index in [2.05, 4.69) is 5.32 Å². The molecule has 0 aromatic rings. The van der Waals surface area contributed by atoms with Crippen LogP contribution in [0.2, 0.25) is 0 Å². The standard InChI is InChI=1S/C10H20N2O4/c1-3-12(8-10(14)15)7-9(13)11-5-4-6-16-2/h3-8H2,1-2H3,(H,11,13)(H,14,15). The number of carboxylic acid groups (broad SMARTS) is 1. The van der Waals surface area contributed by atoms with Crippen molar-refractivity contribution in [1.29, 1.82) is 0 Å². The first-order chi connectivity index (χ1) is 7.60. The van der Waals surface area contributed by atoms with E-state index in [1.807, 2.05) is 6.92 Å². The van der Waals surface area contributed by atoms with Gasteiger partial charge in [-0.3, -0.25) is 14.5 Å². The quantitative estimate of drug-likeness (QED) is 0.526. The fourth-order valence-corrected chi connectivity index (χ4v) is 1.17. The maximum atomic E-state index is 11.4. The van der Waals surface area contributed by atoms with E-state index in [4.69, 9.17) is 9.84 Å². The second-order valence-corrected chi connectivity index (χ2v) is 3.39. The number of hydrogen-bond acceptors (Lipinski definition) is 4. The topological polar surface area (TPSA) is 78.9 Å². The molecule has 0 aliphatic carbocycles. The largest absolute Gasteiger partial charge is 0.480 e. The van der Waals surface area contributed by atoms with Crippen LogP contribution in [0.15, 0.2) is 0 Å². The Morgan fingerprint density at radius 3 is 2.56 bits per heavy atom. The van der Waals surface area contributed by atoms with Crippen molar-refractivity contribution in [2.24, 2.45) is 0 Å². The number of likely N-dealkylation sites (N-methyl/N-ethyl adjacent to an activating group) is 1. The zero-order valence-corrected chi connectivity index (χ0v) is 9.86. The van der Waals surface area contributed by atoms with Crippen LogP contribution in [0, 0.1) is 0 Å². The van der Waals surface area contributed by atoms with Crippen molar-refractivity contribution in [2.45, 2.75) is 13.3 Å². The highest BCUT2D eigenvalue weighted by atomic mass is 16.5. The highest BCUT2D eigenvalue weighted by Crippen LogP contribution is 1.87. The predicted octanol–water partition coefficient (Wildman–Crippen LogP) is -0.454. The van der Waals surface area contributed by atoms with Gasteiger partial charge in [-0.2, -0.15) is 0 Å². The van der Waals surface area contributed by atoms with Crippen molar-refractivity contribution in [3.63, 3.8) is 0 Å². The number of nitrogens with zero attached hydrogens (tertiary/aromatic N) is 1. The van der Waals surface area contributed by atoms with Gasteiger partial charge >= 0.3 is 5.97 Å². The van der Waals surface area contributed by atoms with Crippen LogP contribution in [0.25, 0.3) is 0 Å². The molecule has 0 radical (unpaired) electrons. The molecular formula is C10H20N2O4. The molecule has 0 spiro atoms. The van der Waals surface area contributed by atoms with E-state index in [9.17, 15) is 9.59 Å². The Kier molecular flexibility index (Phi) is 8.46. The van der Waals surface area contributed by atoms with Gasteiger partial charge in [0, 0.05) is 20.3 Å². The lowest BCUT2D eigenvalue weighted by molar-refractivity contribution is -0.138. The molecule has 16 heavy (non-hydrogen) atoms. The maximum absolute atomic E-state index is 11.4. The van der Waals surface area contributed by atoms with E-state index >= 15 is 0 Å². The minimum atomic E-state index is -0.922. The summed E-state index contributed by atoms with van der Waals surface area (Å²) in [6.07, 6.45) is 0.757. The zero-order valence-electron chi connectivity index (χ0n) is 9.86. The molecule has 0 bridgehead atoms. The third-order valence-corrected chi connectivity index (χ3v) is 2.02. The lowest BCUT2D eigenvalue weighted by atomic mass is 10.4. The molecule has 0 aromatic heterocycles. The highest BCUT2D eigenvalue weighted by molar-refractivity contribution is 5.78. The van der Waals surface area contributed by atoms with E-state index in [0.717, 1.165) is 6.42 Å². The smallest absolute Gasteiger partial charge is 0.317 e. The van der Waals surface area contributed by atoms with Gasteiger partial charge in [0.2, 0.25) is 5.91 Å². The van der Waals surface area contributed by atoms with Crippen molar-refractivity contribution in [3.8, 4) is 0 Å². The Morgan fingerprint density at radius 2 is 2.06 bits per heavy atom. The number of hydrogen-bond donors (Lipinski definition) is 2. The minimum absolute atomic E-state index is 0.109. The second kappa shape index (κ2) is 9.11. The Bertz CT molecular complexity index is 221. The predicted molar refractivity (Wildman–Crippen MR) is 59.3 cm³/mol. The van der Waals surface area contributed by atoms with Crippen LogP contribution in [0.3, 0.4) is 0 Å². The number of aliphatic carboxylic acids is 1. The second-order valence-electron chi connectivity index (χ2n) is 3.39. The summed E-state index contributed by atoms with van der Waals surface area (Å²) in [5.41, 5.74) is 0. The number of nitrogens with one attached hydrogen (secondary N) is 1. The monoisotopic (exact) mass is 232 g/mol. The summed E-state index contributed by atoms with van der Waals surface area (Å²) in [5.74, 6) is -1.08. The number of methoxy groups -OCH3 is 1. The minimum Gasteiger partial charge on any atom is -0.480 e. The van der Waals surface area contributed by atoms with E-state index in [1.54, 1.807) is 12.0 Å². The molecule has 6 nitrogen and oxygen atoms in total. The van der Waals surface area contributed by atoms with Gasteiger partial charge in [-0.1, -0.05) is 6.92 Å². The van der Waals surface area contributed by atoms with Crippen LogP contribution in [-0.2, 0) is 14.3 Å². The van der Waals surface area contributed by atoms with E-state index in [1.165, 1.54) is 0 Å². The molecule has 0 aliphatic rings. The van der Waals surface area contributed by atoms with Crippen LogP contribution < -0.4 is 5.32 Å². The van der Waals surface area contributed by atoms with Gasteiger partial charge in [-0.05, 0) is 13.0 Å². The third-order valence-electron chi connectivity index (χ3n) is 2.02. The Morgan fingerprint density at radius 1 is 1.38 bits per heavy atom. The first kappa shape index (κ1) is 14.9. The maximum Gasteiger partial charge on any atom is 0.317 e. The molecule has 0 aromatic carbocycles. The molecule has 0 fully saturated rings. The summed E-state index contributed by atoms with van der Waals surface area (Å²) < 4.78 is 4.84. The van der Waals surface area contributed by atoms with Gasteiger partial charge < -0.3 is 15.2 Å². The van der Waals surface area contributed by atoms with Crippen molar-refractivity contribution >= 4 is 11.9 Å². The summed E-state index contributed by atoms with van der Waals surface area (Å²) in [7, 11) is 1.60. The molecule has 0 heterocycles. The SMILES string of the molecule is CCN(CC(=O)O)CC(=O)NCCCOC. The van der Waals surface area contributed by atoms with E-state index in [0.29, 0.717) is 19.7 Å². The van der Waals surface area contributed by atoms with E-state index in [-0.39, 0.29) is 19.0 Å². The fourth-order valence-electron chi connectivity index (χ4n) is 1.17. The van der Waals surface area contributed by atoms with Gasteiger partial charge in [0.05, 0.1) is 13.1 Å². The molecule has 0 saturated heterocycles. The Balaban J connectivity index is 3.70. The Labute approximate surface area is 95.6 Å². The summed E-state index contributed by atoms with van der Waals surface area (Å²) in [5, 5.41) is 11.3. The molecule has 94 valence electrons. The molecule has 0 rings (SSSR count). The van der Waals surface area contributed by atoms with E-state index < -0.39 is 5.97 Å². The number of rotatable bonds is 9. The van der Waals surface area contributed by atoms with Gasteiger partial charge in [0.25, 0.3) is 0 Å². The molecule has 0 saturated carbocycles. The summed E-state index contributed by atoms with van der Waals surface area (Å²) in [6.45, 7) is 3.53. The van der Waals surface area contributed by atoms with Crippen molar-refractivity contribution in [1.82, 2.24) is 10.2 Å². The Hall–Kier alpha value is -1.14. The molecule has 0 unspecified atom stereocenters. The highest BCUT2D eigenvalue weighted by Gasteiger charge is 2.11. The normalized spacial score (nSPS) is 10.4. The average molecular weight is 232 g/mol. The number of amides is 1. The zero-order chi connectivity index (χ0) is 12.4. The number of carboxylic acids is 1. The molecule has 1 amide bonds. The fraction of sp³-hybridized carbons (Fsp3) is 0.800. The van der Waals surface area contributed by atoms with Gasteiger partial charge in [-0.25, -0.2) is 0 Å². The van der Waals surface area contributed by atoms with Crippen LogP contribution in [0.4, 0.5) is 0 Å². The van der Waals surface area contributed by atoms with Crippen LogP contribution in [0.5, 0.6) is 0 Å². The first-order valence-electron chi connectivity index (χ1n) is 5.30. The number of carbonyl (C=O) groups is 2. The molecule has 0 atom stereocenters. The summed E-state index contributed by atoms with van der Waals surface area (Å²) in [6, 6.07) is 0. The lowest BCUT2D eigenvalue weighted by Crippen LogP contribution is -2.40. The third kappa shape index (κ3) is 8.19. The van der Waals surface area contributed by atoms with Gasteiger partial charge in [0.1, 0.15) is 0 Å².